The van der Waals surface area contributed by atoms with E-state index in [0.717, 1.165) is 108 Å². The van der Waals surface area contributed by atoms with Gasteiger partial charge in [0.2, 0.25) is 0 Å². The number of hydrogen-bond donors (Lipinski definition) is 3. The van der Waals surface area contributed by atoms with E-state index in [1.807, 2.05) is 0 Å². The normalized spacial score (nSPS) is 14.2. The van der Waals surface area contributed by atoms with Gasteiger partial charge in [0.05, 0.1) is 26.4 Å². The minimum absolute atomic E-state index is 0.105. The number of rotatable bonds is 66. The van der Waals surface area contributed by atoms with Crippen LogP contribution in [0.2, 0.25) is 0 Å². The molecule has 86 heavy (non-hydrogen) atoms. The summed E-state index contributed by atoms with van der Waals surface area (Å²) in [6.07, 6.45) is 43.2. The van der Waals surface area contributed by atoms with Gasteiger partial charge in [0.1, 0.15) is 19.3 Å². The SMILES string of the molecule is CCCCCCCCCCCC(=O)O[C@H](COC(=O)CCCCCCCCCC)COP(=O)(O)OC[C@H](O)COP(=O)(O)OC[C@@H](COC(=O)CCCCCCCCCCC(C)C)OC(=O)CCCCCCCCCCCCCCCCCC(C)C. The Labute approximate surface area is 524 Å². The Balaban J connectivity index is 5.18. The van der Waals surface area contributed by atoms with Crippen molar-refractivity contribution in [1.29, 1.82) is 0 Å². The van der Waals surface area contributed by atoms with Crippen LogP contribution in [0.1, 0.15) is 337 Å². The molecule has 510 valence electrons. The summed E-state index contributed by atoms with van der Waals surface area (Å²) in [6.45, 7) is 9.47. The van der Waals surface area contributed by atoms with Gasteiger partial charge in [-0.3, -0.25) is 37.3 Å². The molecule has 5 atom stereocenters. The predicted octanol–water partition coefficient (Wildman–Crippen LogP) is 18.8. The first-order valence-electron chi connectivity index (χ1n) is 35.0. The summed E-state index contributed by atoms with van der Waals surface area (Å²) in [6, 6.07) is 0. The number of phosphoric acid groups is 2. The molecule has 3 N–H and O–H groups in total. The molecular formula is C67H130O17P2. The summed E-state index contributed by atoms with van der Waals surface area (Å²) in [5.74, 6) is -0.604. The molecule has 0 aliphatic carbocycles. The Hall–Kier alpha value is -1.94. The summed E-state index contributed by atoms with van der Waals surface area (Å²) in [5.41, 5.74) is 0. The van der Waals surface area contributed by atoms with Crippen molar-refractivity contribution in [2.45, 2.75) is 355 Å². The molecule has 0 saturated heterocycles. The number of phosphoric ester groups is 2. The average Bonchev–Trinajstić information content (AvgIpc) is 3.57. The quantitative estimate of drug-likeness (QED) is 0.0222. The second-order valence-electron chi connectivity index (χ2n) is 25.2. The number of ether oxygens (including phenoxy) is 4. The van der Waals surface area contributed by atoms with Crippen molar-refractivity contribution in [3.05, 3.63) is 0 Å². The predicted molar refractivity (Wildman–Crippen MR) is 345 cm³/mol. The second-order valence-corrected chi connectivity index (χ2v) is 28.1. The largest absolute Gasteiger partial charge is 0.472 e. The van der Waals surface area contributed by atoms with Crippen LogP contribution in [-0.2, 0) is 65.4 Å². The van der Waals surface area contributed by atoms with Crippen molar-refractivity contribution in [3.8, 4) is 0 Å². The standard InChI is InChI=1S/C67H130O17P2/c1-7-9-11-13-15-24-33-39-45-51-66(71)83-62(55-77-64(69)49-43-37-31-16-14-12-10-8-2)57-81-85(73,74)79-53-61(68)54-80-86(75,76)82-58-63(56-78-65(70)50-44-38-32-28-27-30-36-42-48-60(5)6)84-67(72)52-46-40-34-26-23-21-19-17-18-20-22-25-29-35-41-47-59(3)4/h59-63,68H,7-58H2,1-6H3,(H,73,74)(H,75,76)/t61-,62+,63+/m0/s1. The van der Waals surface area contributed by atoms with Gasteiger partial charge < -0.3 is 33.8 Å². The third-order valence-electron chi connectivity index (χ3n) is 15.5. The van der Waals surface area contributed by atoms with Gasteiger partial charge in [-0.15, -0.1) is 0 Å². The zero-order chi connectivity index (χ0) is 63.6. The molecular weight excluding hydrogens is 1140 g/mol. The Bertz CT molecular complexity index is 1680. The number of carbonyl (C=O) groups excluding carboxylic acids is 4. The van der Waals surface area contributed by atoms with E-state index in [0.29, 0.717) is 25.7 Å². The van der Waals surface area contributed by atoms with Gasteiger partial charge >= 0.3 is 39.5 Å². The van der Waals surface area contributed by atoms with Crippen molar-refractivity contribution in [1.82, 2.24) is 0 Å². The molecule has 0 heterocycles. The molecule has 17 nitrogen and oxygen atoms in total. The monoisotopic (exact) mass is 1270 g/mol. The summed E-state index contributed by atoms with van der Waals surface area (Å²) in [7, 11) is -9.89. The van der Waals surface area contributed by atoms with E-state index < -0.39 is 97.5 Å². The fourth-order valence-electron chi connectivity index (χ4n) is 10.1. The lowest BCUT2D eigenvalue weighted by Gasteiger charge is -2.21. The van der Waals surface area contributed by atoms with Crippen molar-refractivity contribution in [2.24, 2.45) is 11.8 Å². The first-order valence-corrected chi connectivity index (χ1v) is 38.0. The molecule has 0 amide bonds. The second kappa shape index (κ2) is 59.4. The van der Waals surface area contributed by atoms with Gasteiger partial charge in [0.25, 0.3) is 0 Å². The highest BCUT2D eigenvalue weighted by atomic mass is 31.2. The number of hydrogen-bond acceptors (Lipinski definition) is 15. The topological polar surface area (TPSA) is 237 Å². The molecule has 0 aromatic carbocycles. The number of carbonyl (C=O) groups is 4. The van der Waals surface area contributed by atoms with E-state index in [2.05, 4.69) is 41.5 Å². The van der Waals surface area contributed by atoms with Crippen molar-refractivity contribution < 1.29 is 80.2 Å². The fraction of sp³-hybridized carbons (Fsp3) is 0.940. The molecule has 0 rings (SSSR count). The molecule has 0 aliphatic heterocycles. The minimum Gasteiger partial charge on any atom is -0.462 e. The van der Waals surface area contributed by atoms with E-state index in [9.17, 15) is 43.2 Å². The van der Waals surface area contributed by atoms with E-state index in [4.69, 9.17) is 37.0 Å². The summed E-state index contributed by atoms with van der Waals surface area (Å²) >= 11 is 0. The lowest BCUT2D eigenvalue weighted by molar-refractivity contribution is -0.161. The zero-order valence-corrected chi connectivity index (χ0v) is 57.4. The maximum absolute atomic E-state index is 13.0. The van der Waals surface area contributed by atoms with Crippen molar-refractivity contribution in [2.75, 3.05) is 39.6 Å². The van der Waals surface area contributed by atoms with Crippen molar-refractivity contribution >= 4 is 39.5 Å². The number of aliphatic hydroxyl groups is 1. The van der Waals surface area contributed by atoms with Crippen LogP contribution in [0.25, 0.3) is 0 Å². The van der Waals surface area contributed by atoms with Crippen LogP contribution in [0.4, 0.5) is 0 Å². The highest BCUT2D eigenvalue weighted by Gasteiger charge is 2.30. The van der Waals surface area contributed by atoms with E-state index in [-0.39, 0.29) is 25.7 Å². The molecule has 0 spiro atoms. The van der Waals surface area contributed by atoms with Gasteiger partial charge in [0.15, 0.2) is 12.2 Å². The first-order chi connectivity index (χ1) is 41.4. The molecule has 0 saturated carbocycles. The van der Waals surface area contributed by atoms with E-state index in [1.54, 1.807) is 0 Å². The highest BCUT2D eigenvalue weighted by molar-refractivity contribution is 7.47. The van der Waals surface area contributed by atoms with Crippen molar-refractivity contribution in [3.63, 3.8) is 0 Å². The lowest BCUT2D eigenvalue weighted by atomic mass is 10.0. The minimum atomic E-state index is -4.95. The third-order valence-corrected chi connectivity index (χ3v) is 17.4. The fourth-order valence-corrected chi connectivity index (χ4v) is 11.6. The smallest absolute Gasteiger partial charge is 0.462 e. The maximum atomic E-state index is 13.0. The van der Waals surface area contributed by atoms with Gasteiger partial charge in [-0.25, -0.2) is 9.13 Å². The van der Waals surface area contributed by atoms with Crippen LogP contribution >= 0.6 is 15.6 Å². The van der Waals surface area contributed by atoms with Crippen LogP contribution in [0.5, 0.6) is 0 Å². The van der Waals surface area contributed by atoms with E-state index >= 15 is 0 Å². The summed E-state index contributed by atoms with van der Waals surface area (Å²) in [5, 5.41) is 10.5. The van der Waals surface area contributed by atoms with Crippen LogP contribution in [0, 0.1) is 11.8 Å². The summed E-state index contributed by atoms with van der Waals surface area (Å²) < 4.78 is 68.0. The van der Waals surface area contributed by atoms with Crippen LogP contribution < -0.4 is 0 Å². The van der Waals surface area contributed by atoms with Gasteiger partial charge in [-0.2, -0.15) is 0 Å². The molecule has 0 fully saturated rings. The Morgan fingerprint density at radius 1 is 0.314 bits per heavy atom. The first kappa shape index (κ1) is 84.1. The molecule has 19 heteroatoms. The highest BCUT2D eigenvalue weighted by Crippen LogP contribution is 2.45. The zero-order valence-electron chi connectivity index (χ0n) is 55.6. The van der Waals surface area contributed by atoms with Gasteiger partial charge in [-0.1, -0.05) is 286 Å². The summed E-state index contributed by atoms with van der Waals surface area (Å²) in [4.78, 5) is 72.2. The molecule has 0 bridgehead atoms. The number of esters is 4. The molecule has 0 radical (unpaired) electrons. The van der Waals surface area contributed by atoms with Gasteiger partial charge in [-0.05, 0) is 37.5 Å². The Kier molecular flexibility index (Phi) is 58.0. The number of aliphatic hydroxyl groups excluding tert-OH is 1. The lowest BCUT2D eigenvalue weighted by Crippen LogP contribution is -2.30. The van der Waals surface area contributed by atoms with Gasteiger partial charge in [0, 0.05) is 25.7 Å². The Morgan fingerprint density at radius 3 is 0.791 bits per heavy atom. The molecule has 0 aliphatic rings. The Morgan fingerprint density at radius 2 is 0.535 bits per heavy atom. The molecule has 2 unspecified atom stereocenters. The maximum Gasteiger partial charge on any atom is 0.472 e. The number of unbranched alkanes of at least 4 members (excludes halogenated alkanes) is 36. The third kappa shape index (κ3) is 60.9. The van der Waals surface area contributed by atoms with Crippen LogP contribution in [0.15, 0.2) is 0 Å². The average molecular weight is 1270 g/mol. The van der Waals surface area contributed by atoms with Crippen LogP contribution in [-0.4, -0.2) is 96.7 Å². The van der Waals surface area contributed by atoms with E-state index in [1.165, 1.54) is 148 Å². The molecule has 0 aromatic rings. The van der Waals surface area contributed by atoms with Crippen LogP contribution in [0.3, 0.4) is 0 Å². The molecule has 0 aromatic heterocycles.